The van der Waals surface area contributed by atoms with Gasteiger partial charge in [-0.2, -0.15) is 0 Å². The molecule has 3 fully saturated rings. The molecule has 196 valence electrons. The molecular formula is C31H48O4. The third-order valence-corrected chi connectivity index (χ3v) is 7.86. The van der Waals surface area contributed by atoms with E-state index in [2.05, 4.69) is 45.9 Å². The number of hydrogen-bond acceptors (Lipinski definition) is 4. The van der Waals surface area contributed by atoms with Crippen molar-refractivity contribution in [1.29, 1.82) is 0 Å². The molecule has 0 amide bonds. The van der Waals surface area contributed by atoms with Crippen molar-refractivity contribution >= 4 is 5.97 Å². The van der Waals surface area contributed by atoms with Crippen LogP contribution in [0.2, 0.25) is 0 Å². The second kappa shape index (κ2) is 14.8. The van der Waals surface area contributed by atoms with Crippen molar-refractivity contribution in [3.8, 4) is 0 Å². The summed E-state index contributed by atoms with van der Waals surface area (Å²) in [5, 5.41) is 0. The van der Waals surface area contributed by atoms with Gasteiger partial charge in [-0.15, -0.1) is 0 Å². The average Bonchev–Trinajstić information content (AvgIpc) is 2.84. The number of ether oxygens (including phenoxy) is 3. The molecule has 4 heteroatoms. The lowest BCUT2D eigenvalue weighted by Crippen LogP contribution is -2.37. The van der Waals surface area contributed by atoms with Gasteiger partial charge in [0.05, 0.1) is 30.8 Å². The summed E-state index contributed by atoms with van der Waals surface area (Å²) in [4.78, 5) is 13.0. The van der Waals surface area contributed by atoms with Crippen LogP contribution < -0.4 is 0 Å². The van der Waals surface area contributed by atoms with Gasteiger partial charge in [0.15, 0.2) is 0 Å². The molecule has 0 N–H and O–H groups in total. The smallest absolute Gasteiger partial charge is 0.309 e. The summed E-state index contributed by atoms with van der Waals surface area (Å²) in [5.41, 5.74) is 2.73. The summed E-state index contributed by atoms with van der Waals surface area (Å²) >= 11 is 0. The summed E-state index contributed by atoms with van der Waals surface area (Å²) in [6.07, 6.45) is 25.1. The molecule has 0 aromatic heterocycles. The molecule has 3 aliphatic rings. The van der Waals surface area contributed by atoms with E-state index in [0.717, 1.165) is 57.8 Å². The molecule has 0 aromatic rings. The monoisotopic (exact) mass is 484 g/mol. The standard InChI is InChI=1S/C31H48O4/c1-5-23(3)13-8-7-9-18-30-24(4)14-10-11-15-26-16-12-17-27(33-26)21-28-19-25(6-2)20-29(34-28)22-31(32)35-30/h6-9,13,18,24,26-30H,5,10-12,14-17,19-22H2,1-4H3. The number of fused-ring (bicyclic) bond motifs is 4. The summed E-state index contributed by atoms with van der Waals surface area (Å²) in [7, 11) is 0. The molecule has 0 spiro atoms. The van der Waals surface area contributed by atoms with Crippen LogP contribution in [0.1, 0.15) is 105 Å². The maximum Gasteiger partial charge on any atom is 0.309 e. The van der Waals surface area contributed by atoms with Gasteiger partial charge in [0.25, 0.3) is 0 Å². The third kappa shape index (κ3) is 9.73. The van der Waals surface area contributed by atoms with Crippen molar-refractivity contribution in [2.45, 2.75) is 135 Å². The molecule has 0 aromatic carbocycles. The molecule has 3 rings (SSSR count). The second-order valence-electron chi connectivity index (χ2n) is 10.8. The van der Waals surface area contributed by atoms with Crippen molar-refractivity contribution in [3.63, 3.8) is 0 Å². The Balaban J connectivity index is 1.71. The molecule has 35 heavy (non-hydrogen) atoms. The van der Waals surface area contributed by atoms with Crippen LogP contribution in [0.25, 0.3) is 0 Å². The minimum absolute atomic E-state index is 0.110. The molecule has 0 radical (unpaired) electrons. The first-order valence-electron chi connectivity index (χ1n) is 14.1. The Kier molecular flexibility index (Phi) is 11.8. The highest BCUT2D eigenvalue weighted by atomic mass is 16.5. The van der Waals surface area contributed by atoms with Crippen molar-refractivity contribution < 1.29 is 19.0 Å². The van der Waals surface area contributed by atoms with E-state index in [1.807, 2.05) is 18.2 Å². The highest BCUT2D eigenvalue weighted by Gasteiger charge is 2.32. The molecule has 3 saturated heterocycles. The minimum Gasteiger partial charge on any atom is -0.458 e. The lowest BCUT2D eigenvalue weighted by molar-refractivity contribution is -0.155. The van der Waals surface area contributed by atoms with E-state index in [-0.39, 0.29) is 36.3 Å². The first-order valence-corrected chi connectivity index (χ1v) is 14.1. The van der Waals surface area contributed by atoms with E-state index in [9.17, 15) is 4.79 Å². The summed E-state index contributed by atoms with van der Waals surface area (Å²) in [6, 6.07) is 0. The lowest BCUT2D eigenvalue weighted by Gasteiger charge is -2.37. The van der Waals surface area contributed by atoms with Gasteiger partial charge in [-0.25, -0.2) is 0 Å². The number of cyclic esters (lactones) is 1. The fourth-order valence-electron chi connectivity index (χ4n) is 5.50. The minimum atomic E-state index is -0.216. The molecule has 4 nitrogen and oxygen atoms in total. The summed E-state index contributed by atoms with van der Waals surface area (Å²) in [6.45, 7) is 8.59. The zero-order chi connectivity index (χ0) is 25.0. The van der Waals surface area contributed by atoms with E-state index in [1.165, 1.54) is 24.0 Å². The Hall–Kier alpha value is -1.65. The number of rotatable bonds is 4. The van der Waals surface area contributed by atoms with Gasteiger partial charge in [0, 0.05) is 6.42 Å². The van der Waals surface area contributed by atoms with Crippen LogP contribution in [0.15, 0.2) is 47.6 Å². The average molecular weight is 485 g/mol. The van der Waals surface area contributed by atoms with Crippen LogP contribution in [-0.4, -0.2) is 36.5 Å². The molecule has 0 saturated carbocycles. The third-order valence-electron chi connectivity index (χ3n) is 7.86. The number of carbonyl (C=O) groups excluding carboxylic acids is 1. The predicted octanol–water partition coefficient (Wildman–Crippen LogP) is 7.79. The molecule has 6 unspecified atom stereocenters. The van der Waals surface area contributed by atoms with Crippen LogP contribution in [0.5, 0.6) is 0 Å². The van der Waals surface area contributed by atoms with Crippen LogP contribution >= 0.6 is 0 Å². The van der Waals surface area contributed by atoms with E-state index < -0.39 is 0 Å². The first kappa shape index (κ1) is 27.9. The molecule has 6 atom stereocenters. The van der Waals surface area contributed by atoms with Crippen LogP contribution in [0, 0.1) is 5.92 Å². The quantitative estimate of drug-likeness (QED) is 0.232. The van der Waals surface area contributed by atoms with Gasteiger partial charge in [0.2, 0.25) is 0 Å². The lowest BCUT2D eigenvalue weighted by atomic mass is 9.90. The van der Waals surface area contributed by atoms with Gasteiger partial charge in [0.1, 0.15) is 6.10 Å². The highest BCUT2D eigenvalue weighted by Crippen LogP contribution is 2.33. The van der Waals surface area contributed by atoms with Gasteiger partial charge >= 0.3 is 5.97 Å². The number of hydrogen-bond donors (Lipinski definition) is 0. The maximum absolute atomic E-state index is 13.0. The molecule has 0 aliphatic carbocycles. The van der Waals surface area contributed by atoms with Crippen LogP contribution in [0.4, 0.5) is 0 Å². The number of esters is 1. The maximum atomic E-state index is 13.0. The predicted molar refractivity (Wildman–Crippen MR) is 143 cm³/mol. The molecular weight excluding hydrogens is 436 g/mol. The Morgan fingerprint density at radius 1 is 0.886 bits per heavy atom. The zero-order valence-corrected chi connectivity index (χ0v) is 22.5. The Morgan fingerprint density at radius 2 is 1.60 bits per heavy atom. The van der Waals surface area contributed by atoms with Crippen molar-refractivity contribution in [3.05, 3.63) is 47.6 Å². The fraction of sp³-hybridized carbons (Fsp3) is 0.710. The Morgan fingerprint density at radius 3 is 2.40 bits per heavy atom. The van der Waals surface area contributed by atoms with Gasteiger partial charge in [-0.1, -0.05) is 68.2 Å². The highest BCUT2D eigenvalue weighted by molar-refractivity contribution is 5.70. The molecule has 3 aliphatic heterocycles. The van der Waals surface area contributed by atoms with Gasteiger partial charge in [-0.3, -0.25) is 4.79 Å². The van der Waals surface area contributed by atoms with Crippen molar-refractivity contribution in [2.75, 3.05) is 0 Å². The SMILES string of the molecule is CC=C1CC2CC(=O)OC(C=CC=CC=C(C)CC)C(C)CCCCC3CCCC(CC(C1)O2)O3. The summed E-state index contributed by atoms with van der Waals surface area (Å²) < 4.78 is 19.0. The summed E-state index contributed by atoms with van der Waals surface area (Å²) in [5.74, 6) is 0.120. The van der Waals surface area contributed by atoms with E-state index in [4.69, 9.17) is 14.2 Å². The first-order chi connectivity index (χ1) is 17.0. The van der Waals surface area contributed by atoms with Gasteiger partial charge < -0.3 is 14.2 Å². The molecule has 3 heterocycles. The van der Waals surface area contributed by atoms with Crippen LogP contribution in [-0.2, 0) is 19.0 Å². The Bertz CT molecular complexity index is 777. The van der Waals surface area contributed by atoms with E-state index in [0.29, 0.717) is 12.5 Å². The normalized spacial score (nSPS) is 35.5. The molecule has 4 bridgehead atoms. The Labute approximate surface area is 213 Å². The zero-order valence-electron chi connectivity index (χ0n) is 22.5. The van der Waals surface area contributed by atoms with E-state index >= 15 is 0 Å². The number of carbonyl (C=O) groups is 1. The largest absolute Gasteiger partial charge is 0.458 e. The number of allylic oxidation sites excluding steroid dienone is 6. The van der Waals surface area contributed by atoms with Crippen molar-refractivity contribution in [2.24, 2.45) is 5.92 Å². The van der Waals surface area contributed by atoms with E-state index in [1.54, 1.807) is 0 Å². The van der Waals surface area contributed by atoms with Crippen LogP contribution in [0.3, 0.4) is 0 Å². The van der Waals surface area contributed by atoms with Gasteiger partial charge in [-0.05, 0) is 77.2 Å². The fourth-order valence-corrected chi connectivity index (χ4v) is 5.50. The topological polar surface area (TPSA) is 44.8 Å². The van der Waals surface area contributed by atoms with Crippen molar-refractivity contribution in [1.82, 2.24) is 0 Å². The second-order valence-corrected chi connectivity index (χ2v) is 10.8.